The Hall–Kier alpha value is -10.4. The first kappa shape index (κ1) is 48.3. The van der Waals surface area contributed by atoms with E-state index in [1.54, 1.807) is 0 Å². The highest BCUT2D eigenvalue weighted by molar-refractivity contribution is 6.22. The highest BCUT2D eigenvalue weighted by Gasteiger charge is 2.42. The SMILES string of the molecule is CC1(C)c2c(cc(-c3ccc(-c4cccc(-c5ccccn5)n4)cc3)c3ccccc23)-c2c1c1ccc(-c3ccnc(-c4cccc(-c5cc6c(c7ccccc57)C(C)(C)c5c-6c6ccccc6c6ccccc56)n4)c3)cc1c1ccccc21. The van der Waals surface area contributed by atoms with Gasteiger partial charge in [0.2, 0.25) is 0 Å². The van der Waals surface area contributed by atoms with Crippen molar-refractivity contribution in [2.24, 2.45) is 0 Å². The minimum absolute atomic E-state index is 0.231. The molecule has 0 aliphatic heterocycles. The van der Waals surface area contributed by atoms with Gasteiger partial charge in [0.1, 0.15) is 0 Å². The monoisotopic (exact) mass is 1070 g/mol. The van der Waals surface area contributed by atoms with E-state index in [-0.39, 0.29) is 10.8 Å². The third kappa shape index (κ3) is 7.01. The van der Waals surface area contributed by atoms with Crippen LogP contribution >= 0.6 is 0 Å². The van der Waals surface area contributed by atoms with Crippen LogP contribution in [0.15, 0.2) is 255 Å². The summed E-state index contributed by atoms with van der Waals surface area (Å²) in [6, 6.07) is 88.7. The number of aromatic nitrogens is 4. The number of fused-ring (bicyclic) bond motifs is 20. The van der Waals surface area contributed by atoms with Crippen LogP contribution in [0, 0.1) is 0 Å². The van der Waals surface area contributed by atoms with Crippen LogP contribution in [0.1, 0.15) is 49.9 Å². The summed E-state index contributed by atoms with van der Waals surface area (Å²) in [5.74, 6) is 0. The Morgan fingerprint density at radius 3 is 1.26 bits per heavy atom. The van der Waals surface area contributed by atoms with E-state index in [0.717, 1.165) is 56.4 Å². The molecular formula is C80H54N4. The van der Waals surface area contributed by atoms with Gasteiger partial charge in [0.15, 0.2) is 0 Å². The molecule has 4 aromatic heterocycles. The van der Waals surface area contributed by atoms with Gasteiger partial charge in [0, 0.05) is 34.4 Å². The molecular weight excluding hydrogens is 1020 g/mol. The van der Waals surface area contributed by atoms with Crippen molar-refractivity contribution in [2.45, 2.75) is 38.5 Å². The van der Waals surface area contributed by atoms with E-state index in [0.29, 0.717) is 0 Å². The zero-order valence-corrected chi connectivity index (χ0v) is 47.0. The van der Waals surface area contributed by atoms with Crippen molar-refractivity contribution >= 4 is 64.6 Å². The summed E-state index contributed by atoms with van der Waals surface area (Å²) in [7, 11) is 0. The van der Waals surface area contributed by atoms with Crippen molar-refractivity contribution in [3.05, 3.63) is 277 Å². The predicted molar refractivity (Wildman–Crippen MR) is 350 cm³/mol. The minimum atomic E-state index is -0.298. The second-order valence-electron chi connectivity index (χ2n) is 24.0. The lowest BCUT2D eigenvalue weighted by Gasteiger charge is -2.26. The van der Waals surface area contributed by atoms with E-state index in [4.69, 9.17) is 15.0 Å². The molecule has 0 unspecified atom stereocenters. The van der Waals surface area contributed by atoms with Gasteiger partial charge < -0.3 is 0 Å². The Bertz CT molecular complexity index is 5310. The molecule has 15 aromatic rings. The lowest BCUT2D eigenvalue weighted by molar-refractivity contribution is 0.672. The van der Waals surface area contributed by atoms with Crippen LogP contribution in [-0.2, 0) is 10.8 Å². The number of rotatable bonds is 6. The van der Waals surface area contributed by atoms with Crippen LogP contribution in [0.25, 0.3) is 154 Å². The van der Waals surface area contributed by atoms with Crippen LogP contribution in [0.4, 0.5) is 0 Å². The predicted octanol–water partition coefficient (Wildman–Crippen LogP) is 20.8. The first-order chi connectivity index (χ1) is 41.2. The lowest BCUT2D eigenvalue weighted by atomic mass is 9.77. The van der Waals surface area contributed by atoms with Crippen molar-refractivity contribution in [1.82, 2.24) is 19.9 Å². The molecule has 4 nitrogen and oxygen atoms in total. The van der Waals surface area contributed by atoms with E-state index in [2.05, 4.69) is 251 Å². The van der Waals surface area contributed by atoms with Gasteiger partial charge in [-0.05, 0) is 198 Å². The van der Waals surface area contributed by atoms with Gasteiger partial charge >= 0.3 is 0 Å². The Balaban J connectivity index is 0.765. The van der Waals surface area contributed by atoms with E-state index in [1.807, 2.05) is 36.7 Å². The summed E-state index contributed by atoms with van der Waals surface area (Å²) in [4.78, 5) is 20.1. The number of hydrogen-bond acceptors (Lipinski definition) is 4. The van der Waals surface area contributed by atoms with E-state index < -0.39 is 0 Å². The van der Waals surface area contributed by atoms with Crippen LogP contribution in [0.3, 0.4) is 0 Å². The number of nitrogens with zero attached hydrogens (tertiary/aromatic N) is 4. The van der Waals surface area contributed by atoms with Crippen molar-refractivity contribution in [3.8, 4) is 89.8 Å². The molecule has 0 fully saturated rings. The fourth-order valence-corrected chi connectivity index (χ4v) is 15.1. The van der Waals surface area contributed by atoms with Crippen molar-refractivity contribution in [2.75, 3.05) is 0 Å². The smallest absolute Gasteiger partial charge is 0.0893 e. The second-order valence-corrected chi connectivity index (χ2v) is 24.0. The molecule has 4 heterocycles. The Morgan fingerprint density at radius 1 is 0.226 bits per heavy atom. The van der Waals surface area contributed by atoms with Gasteiger partial charge in [-0.1, -0.05) is 204 Å². The topological polar surface area (TPSA) is 51.6 Å². The molecule has 0 bridgehead atoms. The highest BCUT2D eigenvalue weighted by Crippen LogP contribution is 2.60. The maximum absolute atomic E-state index is 5.50. The highest BCUT2D eigenvalue weighted by atomic mass is 14.8. The molecule has 17 rings (SSSR count). The molecule has 0 amide bonds. The normalized spacial score (nSPS) is 13.7. The van der Waals surface area contributed by atoms with E-state index in [1.165, 1.54) is 120 Å². The zero-order chi connectivity index (χ0) is 56.0. The second kappa shape index (κ2) is 18.0. The molecule has 0 spiro atoms. The van der Waals surface area contributed by atoms with Gasteiger partial charge in [-0.2, -0.15) is 0 Å². The molecule has 4 heteroatoms. The van der Waals surface area contributed by atoms with Gasteiger partial charge in [-0.15, -0.1) is 0 Å². The maximum atomic E-state index is 5.50. The quantitative estimate of drug-likeness (QED) is 0.156. The standard InChI is InChI=1S/C80H54N4/c1-79(2)76-59-27-13-9-23-55(59)64(46-66(76)73-56-24-10-5-19-51(56)52-20-7-14-28-60(52)77(73)79)68-31-18-33-71(84-68)72-44-50(40-42-82-72)49-38-39-61-63(43-49)53-21-6-11-25-57(53)74-65-45-62(54-22-8-12-26-58(54)75(65)80(3,4)78(61)74)47-34-36-48(37-35-47)67-30-17-32-70(83-67)69-29-15-16-41-81-69/h5-46H,1-4H3. The summed E-state index contributed by atoms with van der Waals surface area (Å²) in [5, 5.41) is 15.3. The fourth-order valence-electron chi connectivity index (χ4n) is 15.1. The summed E-state index contributed by atoms with van der Waals surface area (Å²) < 4.78 is 0. The van der Waals surface area contributed by atoms with Crippen LogP contribution in [0.2, 0.25) is 0 Å². The summed E-state index contributed by atoms with van der Waals surface area (Å²) in [6.45, 7) is 9.68. The van der Waals surface area contributed by atoms with Crippen LogP contribution < -0.4 is 0 Å². The molecule has 11 aromatic carbocycles. The molecule has 84 heavy (non-hydrogen) atoms. The molecule has 0 N–H and O–H groups in total. The Labute approximate surface area is 487 Å². The van der Waals surface area contributed by atoms with Gasteiger partial charge in [-0.3, -0.25) is 9.97 Å². The van der Waals surface area contributed by atoms with Gasteiger partial charge in [-0.25, -0.2) is 9.97 Å². The van der Waals surface area contributed by atoms with Crippen molar-refractivity contribution in [3.63, 3.8) is 0 Å². The van der Waals surface area contributed by atoms with Crippen LogP contribution in [-0.4, -0.2) is 19.9 Å². The average molecular weight is 1070 g/mol. The number of hydrogen-bond donors (Lipinski definition) is 0. The summed E-state index contributed by atoms with van der Waals surface area (Å²) in [5.41, 5.74) is 22.3. The first-order valence-electron chi connectivity index (χ1n) is 29.2. The molecule has 0 saturated carbocycles. The molecule has 394 valence electrons. The minimum Gasteiger partial charge on any atom is -0.255 e. The van der Waals surface area contributed by atoms with Gasteiger partial charge in [0.25, 0.3) is 0 Å². The Kier molecular flexibility index (Phi) is 10.4. The summed E-state index contributed by atoms with van der Waals surface area (Å²) >= 11 is 0. The number of benzene rings is 11. The Morgan fingerprint density at radius 2 is 0.643 bits per heavy atom. The average Bonchev–Trinajstić information content (AvgIpc) is 1.67. The molecule has 0 saturated heterocycles. The molecule has 0 atom stereocenters. The van der Waals surface area contributed by atoms with Crippen LogP contribution in [0.5, 0.6) is 0 Å². The maximum Gasteiger partial charge on any atom is 0.0893 e. The summed E-state index contributed by atoms with van der Waals surface area (Å²) in [6.07, 6.45) is 3.76. The van der Waals surface area contributed by atoms with E-state index >= 15 is 0 Å². The van der Waals surface area contributed by atoms with Crippen molar-refractivity contribution in [1.29, 1.82) is 0 Å². The zero-order valence-electron chi connectivity index (χ0n) is 47.0. The van der Waals surface area contributed by atoms with E-state index in [9.17, 15) is 0 Å². The molecule has 2 aliphatic rings. The van der Waals surface area contributed by atoms with Crippen molar-refractivity contribution < 1.29 is 0 Å². The molecule has 0 radical (unpaired) electrons. The van der Waals surface area contributed by atoms with Gasteiger partial charge in [0.05, 0.1) is 34.2 Å². The lowest BCUT2D eigenvalue weighted by Crippen LogP contribution is -2.16. The third-order valence-electron chi connectivity index (χ3n) is 18.6. The molecule has 2 aliphatic carbocycles. The number of pyridine rings is 4. The third-order valence-corrected chi connectivity index (χ3v) is 18.6. The largest absolute Gasteiger partial charge is 0.255 e. The fraction of sp³-hybridized carbons (Fsp3) is 0.0750. The first-order valence-corrected chi connectivity index (χ1v) is 29.2.